The second kappa shape index (κ2) is 7.21. The van der Waals surface area contributed by atoms with Crippen molar-refractivity contribution in [1.29, 1.82) is 0 Å². The van der Waals surface area contributed by atoms with Gasteiger partial charge in [0.05, 0.1) is 17.7 Å². The molecule has 0 atom stereocenters. The van der Waals surface area contributed by atoms with Crippen LogP contribution in [0, 0.1) is 20.8 Å². The number of carbonyl (C=O) groups is 2. The zero-order valence-electron chi connectivity index (χ0n) is 14.9. The Labute approximate surface area is 155 Å². The Bertz CT molecular complexity index is 956. The molecule has 134 valence electrons. The summed E-state index contributed by atoms with van der Waals surface area (Å²) in [5.41, 5.74) is 3.28. The van der Waals surface area contributed by atoms with E-state index in [1.165, 1.54) is 18.9 Å². The largest absolute Gasteiger partial charge is 0.465 e. The number of amidine groups is 1. The molecule has 2 heterocycles. The number of esters is 1. The Kier molecular flexibility index (Phi) is 4.99. The Morgan fingerprint density at radius 2 is 2.04 bits per heavy atom. The Morgan fingerprint density at radius 3 is 2.77 bits per heavy atom. The highest BCUT2D eigenvalue weighted by atomic mass is 32.2. The van der Waals surface area contributed by atoms with Crippen LogP contribution in [0.1, 0.15) is 33.0 Å². The van der Waals surface area contributed by atoms with Crippen molar-refractivity contribution in [3.8, 4) is 0 Å². The molecule has 1 amide bonds. The SMILES string of the molecule is COC(=O)c1cc(/C=C2/SC(=Nc3cc(C)ccc3C)NC2=O)oc1C. The predicted molar refractivity (Wildman–Crippen MR) is 102 cm³/mol. The molecule has 1 aromatic carbocycles. The first-order valence-electron chi connectivity index (χ1n) is 7.93. The lowest BCUT2D eigenvalue weighted by molar-refractivity contribution is -0.115. The number of nitrogens with zero attached hydrogens (tertiary/aromatic N) is 1. The van der Waals surface area contributed by atoms with Gasteiger partial charge in [0.15, 0.2) is 5.17 Å². The third kappa shape index (κ3) is 3.72. The van der Waals surface area contributed by atoms with Crippen LogP contribution >= 0.6 is 11.8 Å². The maximum atomic E-state index is 12.2. The van der Waals surface area contributed by atoms with E-state index in [1.54, 1.807) is 19.1 Å². The van der Waals surface area contributed by atoms with Gasteiger partial charge in [-0.25, -0.2) is 9.79 Å². The van der Waals surface area contributed by atoms with Crippen molar-refractivity contribution >= 4 is 40.6 Å². The number of rotatable bonds is 3. The molecule has 1 fully saturated rings. The number of amides is 1. The smallest absolute Gasteiger partial charge is 0.341 e. The molecule has 1 aliphatic rings. The van der Waals surface area contributed by atoms with Crippen LogP contribution in [0.2, 0.25) is 0 Å². The average molecular weight is 370 g/mol. The van der Waals surface area contributed by atoms with E-state index in [2.05, 4.69) is 10.3 Å². The number of methoxy groups -OCH3 is 1. The van der Waals surface area contributed by atoms with Gasteiger partial charge in [0.2, 0.25) is 0 Å². The molecule has 6 nitrogen and oxygen atoms in total. The molecular weight excluding hydrogens is 352 g/mol. The molecule has 1 saturated heterocycles. The number of hydrogen-bond acceptors (Lipinski definition) is 6. The van der Waals surface area contributed by atoms with Crippen molar-refractivity contribution in [1.82, 2.24) is 5.32 Å². The summed E-state index contributed by atoms with van der Waals surface area (Å²) in [6.45, 7) is 5.63. The molecule has 3 rings (SSSR count). The number of carbonyl (C=O) groups excluding carboxylic acids is 2. The van der Waals surface area contributed by atoms with E-state index in [-0.39, 0.29) is 5.91 Å². The second-order valence-corrected chi connectivity index (χ2v) is 6.91. The van der Waals surface area contributed by atoms with Crippen LogP contribution in [-0.2, 0) is 9.53 Å². The van der Waals surface area contributed by atoms with Gasteiger partial charge in [0.25, 0.3) is 5.91 Å². The molecular formula is C19H18N2O4S. The quantitative estimate of drug-likeness (QED) is 0.655. The van der Waals surface area contributed by atoms with E-state index in [1.807, 2.05) is 32.0 Å². The lowest BCUT2D eigenvalue weighted by atomic mass is 10.1. The van der Waals surface area contributed by atoms with Crippen molar-refractivity contribution in [2.45, 2.75) is 20.8 Å². The van der Waals surface area contributed by atoms with Crippen LogP contribution in [0.25, 0.3) is 6.08 Å². The third-order valence-corrected chi connectivity index (χ3v) is 4.76. The second-order valence-electron chi connectivity index (χ2n) is 5.88. The fraction of sp³-hybridized carbons (Fsp3) is 0.211. The van der Waals surface area contributed by atoms with E-state index in [0.717, 1.165) is 16.8 Å². The normalized spacial score (nSPS) is 17.0. The number of aryl methyl sites for hydroxylation is 3. The van der Waals surface area contributed by atoms with Gasteiger partial charge in [-0.2, -0.15) is 0 Å². The predicted octanol–water partition coefficient (Wildman–Crippen LogP) is 3.88. The fourth-order valence-electron chi connectivity index (χ4n) is 2.45. The van der Waals surface area contributed by atoms with Gasteiger partial charge in [-0.05, 0) is 55.8 Å². The molecule has 0 aliphatic carbocycles. The topological polar surface area (TPSA) is 80.9 Å². The standard InChI is InChI=1S/C19H18N2O4S/c1-10-5-6-11(2)15(7-10)20-19-21-17(22)16(26-19)9-13-8-14(12(3)25-13)18(23)24-4/h5-9H,1-4H3,(H,20,21,22)/b16-9+. The number of furan rings is 1. The van der Waals surface area contributed by atoms with Crippen molar-refractivity contribution in [2.24, 2.45) is 4.99 Å². The van der Waals surface area contributed by atoms with E-state index < -0.39 is 5.97 Å². The molecule has 1 aliphatic heterocycles. The van der Waals surface area contributed by atoms with Gasteiger partial charge in [-0.3, -0.25) is 4.79 Å². The number of nitrogens with one attached hydrogen (secondary N) is 1. The minimum atomic E-state index is -0.475. The summed E-state index contributed by atoms with van der Waals surface area (Å²) in [5, 5.41) is 3.25. The summed E-state index contributed by atoms with van der Waals surface area (Å²) in [6, 6.07) is 7.53. The Hall–Kier alpha value is -2.80. The van der Waals surface area contributed by atoms with Crippen LogP contribution in [0.15, 0.2) is 38.6 Å². The summed E-state index contributed by atoms with van der Waals surface area (Å²) in [6.07, 6.45) is 1.59. The van der Waals surface area contributed by atoms with Gasteiger partial charge >= 0.3 is 5.97 Å². The minimum absolute atomic E-state index is 0.257. The number of benzene rings is 1. The Morgan fingerprint density at radius 1 is 1.27 bits per heavy atom. The highest BCUT2D eigenvalue weighted by Gasteiger charge is 2.25. The van der Waals surface area contributed by atoms with Crippen molar-refractivity contribution in [3.63, 3.8) is 0 Å². The number of hydrogen-bond donors (Lipinski definition) is 1. The maximum Gasteiger partial charge on any atom is 0.341 e. The lowest BCUT2D eigenvalue weighted by Gasteiger charge is -2.02. The zero-order chi connectivity index (χ0) is 18.8. The van der Waals surface area contributed by atoms with Gasteiger partial charge in [-0.15, -0.1) is 0 Å². The van der Waals surface area contributed by atoms with E-state index in [9.17, 15) is 9.59 Å². The first-order chi connectivity index (χ1) is 12.4. The van der Waals surface area contributed by atoms with Gasteiger partial charge in [0, 0.05) is 6.08 Å². The average Bonchev–Trinajstić information content (AvgIpc) is 3.13. The van der Waals surface area contributed by atoms with Crippen LogP contribution in [0.3, 0.4) is 0 Å². The molecule has 1 N–H and O–H groups in total. The molecule has 1 aromatic heterocycles. The first kappa shape index (κ1) is 18.0. The molecule has 0 spiro atoms. The molecule has 2 aromatic rings. The summed E-state index contributed by atoms with van der Waals surface area (Å²) in [7, 11) is 1.31. The summed E-state index contributed by atoms with van der Waals surface area (Å²) in [5.74, 6) is 0.120. The minimum Gasteiger partial charge on any atom is -0.465 e. The van der Waals surface area contributed by atoms with Crippen LogP contribution in [0.4, 0.5) is 5.69 Å². The first-order valence-corrected chi connectivity index (χ1v) is 8.74. The molecule has 0 radical (unpaired) electrons. The fourth-order valence-corrected chi connectivity index (χ4v) is 3.26. The Balaban J connectivity index is 1.86. The summed E-state index contributed by atoms with van der Waals surface area (Å²) < 4.78 is 10.2. The van der Waals surface area contributed by atoms with E-state index in [4.69, 9.17) is 9.15 Å². The van der Waals surface area contributed by atoms with E-state index >= 15 is 0 Å². The molecule has 26 heavy (non-hydrogen) atoms. The lowest BCUT2D eigenvalue weighted by Crippen LogP contribution is -2.19. The van der Waals surface area contributed by atoms with Gasteiger partial charge in [0.1, 0.15) is 17.1 Å². The van der Waals surface area contributed by atoms with Crippen LogP contribution in [-0.4, -0.2) is 24.2 Å². The van der Waals surface area contributed by atoms with Crippen LogP contribution in [0.5, 0.6) is 0 Å². The highest BCUT2D eigenvalue weighted by Crippen LogP contribution is 2.30. The monoisotopic (exact) mass is 370 g/mol. The molecule has 0 unspecified atom stereocenters. The van der Waals surface area contributed by atoms with Crippen LogP contribution < -0.4 is 5.32 Å². The number of aliphatic imine (C=N–C) groups is 1. The number of thioether (sulfide) groups is 1. The van der Waals surface area contributed by atoms with E-state index in [0.29, 0.717) is 27.2 Å². The highest BCUT2D eigenvalue weighted by molar-refractivity contribution is 8.18. The van der Waals surface area contributed by atoms with Crippen molar-refractivity contribution < 1.29 is 18.7 Å². The molecule has 0 saturated carbocycles. The van der Waals surface area contributed by atoms with Crippen molar-refractivity contribution in [3.05, 3.63) is 57.4 Å². The summed E-state index contributed by atoms with van der Waals surface area (Å²) in [4.78, 5) is 28.8. The maximum absolute atomic E-state index is 12.2. The number of ether oxygens (including phenoxy) is 1. The van der Waals surface area contributed by atoms with Gasteiger partial charge in [-0.1, -0.05) is 12.1 Å². The molecule has 7 heteroatoms. The molecule has 0 bridgehead atoms. The van der Waals surface area contributed by atoms with Crippen molar-refractivity contribution in [2.75, 3.05) is 7.11 Å². The zero-order valence-corrected chi connectivity index (χ0v) is 15.7. The summed E-state index contributed by atoms with van der Waals surface area (Å²) >= 11 is 1.23. The van der Waals surface area contributed by atoms with Gasteiger partial charge < -0.3 is 14.5 Å². The third-order valence-electron chi connectivity index (χ3n) is 3.85.